The highest BCUT2D eigenvalue weighted by atomic mass is 32.1. The molecule has 0 radical (unpaired) electrons. The number of aryl methyl sites for hydroxylation is 1. The lowest BCUT2D eigenvalue weighted by Gasteiger charge is -2.11. The number of pyridine rings is 1. The minimum Gasteiger partial charge on any atom is -0.481 e. The van der Waals surface area contributed by atoms with Gasteiger partial charge in [0.25, 0.3) is 0 Å². The number of hydrogen-bond acceptors (Lipinski definition) is 4. The van der Waals surface area contributed by atoms with Crippen molar-refractivity contribution in [1.82, 2.24) is 4.98 Å². The number of carboxylic acids is 1. The SMILES string of the molecule is Cc1nc(N)ccc1CC(CS)C(=O)O. The van der Waals surface area contributed by atoms with Crippen molar-refractivity contribution in [2.75, 3.05) is 11.5 Å². The number of carboxylic acid groups (broad SMARTS) is 1. The third-order valence-electron chi connectivity index (χ3n) is 2.25. The summed E-state index contributed by atoms with van der Waals surface area (Å²) in [5.74, 6) is -0.535. The molecule has 0 aliphatic heterocycles. The topological polar surface area (TPSA) is 76.2 Å². The van der Waals surface area contributed by atoms with Gasteiger partial charge in [0.15, 0.2) is 0 Å². The zero-order valence-corrected chi connectivity index (χ0v) is 9.37. The average molecular weight is 226 g/mol. The van der Waals surface area contributed by atoms with Crippen LogP contribution in [0.25, 0.3) is 0 Å². The molecule has 0 aliphatic carbocycles. The third kappa shape index (κ3) is 3.13. The van der Waals surface area contributed by atoms with E-state index in [0.717, 1.165) is 11.3 Å². The van der Waals surface area contributed by atoms with Crippen LogP contribution in [-0.2, 0) is 11.2 Å². The molecule has 1 rings (SSSR count). The van der Waals surface area contributed by atoms with E-state index in [1.807, 2.05) is 13.0 Å². The van der Waals surface area contributed by atoms with E-state index in [2.05, 4.69) is 17.6 Å². The minimum atomic E-state index is -0.832. The maximum atomic E-state index is 10.8. The van der Waals surface area contributed by atoms with Crippen LogP contribution in [0.1, 0.15) is 11.3 Å². The Balaban J connectivity index is 2.84. The predicted molar refractivity (Wildman–Crippen MR) is 62.1 cm³/mol. The Hall–Kier alpha value is -1.23. The third-order valence-corrected chi connectivity index (χ3v) is 2.69. The van der Waals surface area contributed by atoms with Gasteiger partial charge in [-0.15, -0.1) is 0 Å². The Labute approximate surface area is 93.9 Å². The molecule has 5 heteroatoms. The first-order chi connectivity index (χ1) is 7.04. The van der Waals surface area contributed by atoms with Crippen molar-refractivity contribution in [3.05, 3.63) is 23.4 Å². The molecule has 4 nitrogen and oxygen atoms in total. The number of nitrogen functional groups attached to an aromatic ring is 1. The molecular weight excluding hydrogens is 212 g/mol. The highest BCUT2D eigenvalue weighted by Gasteiger charge is 2.17. The van der Waals surface area contributed by atoms with E-state index in [4.69, 9.17) is 10.8 Å². The van der Waals surface area contributed by atoms with Gasteiger partial charge in [-0.05, 0) is 25.0 Å². The Bertz CT molecular complexity index is 368. The largest absolute Gasteiger partial charge is 0.481 e. The second-order valence-electron chi connectivity index (χ2n) is 3.40. The molecule has 1 aromatic heterocycles. The second-order valence-corrected chi connectivity index (χ2v) is 3.77. The summed E-state index contributed by atoms with van der Waals surface area (Å²) in [6.07, 6.45) is 0.442. The van der Waals surface area contributed by atoms with Crippen molar-refractivity contribution in [2.45, 2.75) is 13.3 Å². The van der Waals surface area contributed by atoms with Crippen LogP contribution in [0.15, 0.2) is 12.1 Å². The predicted octanol–water partition coefficient (Wildman–Crippen LogP) is 1.15. The van der Waals surface area contributed by atoms with Gasteiger partial charge >= 0.3 is 5.97 Å². The van der Waals surface area contributed by atoms with Crippen molar-refractivity contribution >= 4 is 24.4 Å². The van der Waals surface area contributed by atoms with Crippen LogP contribution < -0.4 is 5.73 Å². The van der Waals surface area contributed by atoms with E-state index in [-0.39, 0.29) is 0 Å². The van der Waals surface area contributed by atoms with Crippen LogP contribution in [0.2, 0.25) is 0 Å². The van der Waals surface area contributed by atoms with E-state index in [1.165, 1.54) is 0 Å². The van der Waals surface area contributed by atoms with E-state index >= 15 is 0 Å². The molecule has 0 aliphatic rings. The second kappa shape index (κ2) is 5.02. The molecule has 1 heterocycles. The quantitative estimate of drug-likeness (QED) is 0.673. The highest BCUT2D eigenvalue weighted by molar-refractivity contribution is 7.80. The van der Waals surface area contributed by atoms with Crippen molar-refractivity contribution in [1.29, 1.82) is 0 Å². The lowest BCUT2D eigenvalue weighted by molar-refractivity contribution is -0.140. The molecule has 15 heavy (non-hydrogen) atoms. The Kier molecular flexibility index (Phi) is 3.96. The van der Waals surface area contributed by atoms with Crippen LogP contribution in [-0.4, -0.2) is 21.8 Å². The fraction of sp³-hybridized carbons (Fsp3) is 0.400. The summed E-state index contributed by atoms with van der Waals surface area (Å²) in [6.45, 7) is 1.82. The van der Waals surface area contributed by atoms with Gasteiger partial charge in [-0.1, -0.05) is 6.07 Å². The first-order valence-electron chi connectivity index (χ1n) is 4.60. The Morgan fingerprint density at radius 1 is 1.67 bits per heavy atom. The number of rotatable bonds is 4. The van der Waals surface area contributed by atoms with E-state index < -0.39 is 11.9 Å². The van der Waals surface area contributed by atoms with Gasteiger partial charge in [-0.3, -0.25) is 4.79 Å². The number of nitrogens with zero attached hydrogens (tertiary/aromatic N) is 1. The van der Waals surface area contributed by atoms with Crippen LogP contribution >= 0.6 is 12.6 Å². The number of hydrogen-bond donors (Lipinski definition) is 3. The van der Waals surface area contributed by atoms with Crippen molar-refractivity contribution in [2.24, 2.45) is 5.92 Å². The van der Waals surface area contributed by atoms with Gasteiger partial charge in [-0.2, -0.15) is 12.6 Å². The molecule has 1 atom stereocenters. The number of aliphatic carboxylic acids is 1. The molecule has 0 bridgehead atoms. The van der Waals surface area contributed by atoms with Gasteiger partial charge in [0.05, 0.1) is 5.92 Å². The molecule has 0 fully saturated rings. The van der Waals surface area contributed by atoms with E-state index in [0.29, 0.717) is 18.0 Å². The molecule has 1 aromatic rings. The highest BCUT2D eigenvalue weighted by Crippen LogP contribution is 2.14. The van der Waals surface area contributed by atoms with Crippen molar-refractivity contribution in [3.8, 4) is 0 Å². The summed E-state index contributed by atoms with van der Waals surface area (Å²) < 4.78 is 0. The normalized spacial score (nSPS) is 12.4. The lowest BCUT2D eigenvalue weighted by atomic mass is 10.0. The van der Waals surface area contributed by atoms with Gasteiger partial charge in [-0.25, -0.2) is 4.98 Å². The molecule has 0 saturated carbocycles. The number of carbonyl (C=O) groups is 1. The standard InChI is InChI=1S/C10H14N2O2S/c1-6-7(2-3-9(11)12-6)4-8(5-15)10(13)14/h2-3,8,15H,4-5H2,1H3,(H2,11,12)(H,13,14). The monoisotopic (exact) mass is 226 g/mol. The summed E-state index contributed by atoms with van der Waals surface area (Å²) in [5, 5.41) is 8.89. The number of nitrogens with two attached hydrogens (primary N) is 1. The number of aromatic nitrogens is 1. The minimum absolute atomic E-state index is 0.319. The maximum absolute atomic E-state index is 10.8. The molecular formula is C10H14N2O2S. The van der Waals surface area contributed by atoms with Crippen molar-refractivity contribution in [3.63, 3.8) is 0 Å². The first kappa shape index (κ1) is 11.8. The molecule has 1 unspecified atom stereocenters. The zero-order valence-electron chi connectivity index (χ0n) is 8.47. The maximum Gasteiger partial charge on any atom is 0.307 e. The Morgan fingerprint density at radius 2 is 2.33 bits per heavy atom. The molecule has 0 amide bonds. The summed E-state index contributed by atoms with van der Waals surface area (Å²) in [7, 11) is 0. The first-order valence-corrected chi connectivity index (χ1v) is 5.23. The fourth-order valence-electron chi connectivity index (χ4n) is 1.32. The van der Waals surface area contributed by atoms with Crippen LogP contribution in [0, 0.1) is 12.8 Å². The van der Waals surface area contributed by atoms with Gasteiger partial charge in [0.1, 0.15) is 5.82 Å². The van der Waals surface area contributed by atoms with E-state index in [1.54, 1.807) is 6.07 Å². The van der Waals surface area contributed by atoms with E-state index in [9.17, 15) is 4.79 Å². The van der Waals surface area contributed by atoms with Gasteiger partial charge in [0.2, 0.25) is 0 Å². The van der Waals surface area contributed by atoms with Gasteiger partial charge < -0.3 is 10.8 Å². The molecule has 0 spiro atoms. The Morgan fingerprint density at radius 3 is 2.80 bits per heavy atom. The lowest BCUT2D eigenvalue weighted by Crippen LogP contribution is -2.18. The smallest absolute Gasteiger partial charge is 0.307 e. The number of thiol groups is 1. The summed E-state index contributed by atoms with van der Waals surface area (Å²) in [5.41, 5.74) is 7.20. The molecule has 3 N–H and O–H groups in total. The average Bonchev–Trinajstić information content (AvgIpc) is 2.16. The van der Waals surface area contributed by atoms with Crippen LogP contribution in [0.5, 0.6) is 0 Å². The molecule has 0 saturated heterocycles. The molecule has 0 aromatic carbocycles. The summed E-state index contributed by atoms with van der Waals surface area (Å²) >= 11 is 4.01. The van der Waals surface area contributed by atoms with Crippen LogP contribution in [0.4, 0.5) is 5.82 Å². The van der Waals surface area contributed by atoms with Gasteiger partial charge in [0, 0.05) is 11.4 Å². The van der Waals surface area contributed by atoms with Crippen molar-refractivity contribution < 1.29 is 9.90 Å². The van der Waals surface area contributed by atoms with Crippen LogP contribution in [0.3, 0.4) is 0 Å². The fourth-order valence-corrected chi connectivity index (χ4v) is 1.61. The zero-order chi connectivity index (χ0) is 11.4. The number of anilines is 1. The summed E-state index contributed by atoms with van der Waals surface area (Å²) in [4.78, 5) is 14.9. The molecule has 82 valence electrons. The summed E-state index contributed by atoms with van der Waals surface area (Å²) in [6, 6.07) is 3.50.